The zero-order valence-corrected chi connectivity index (χ0v) is 21.2. The summed E-state index contributed by atoms with van der Waals surface area (Å²) in [6, 6.07) is 29.1. The first kappa shape index (κ1) is 23.7. The fraction of sp³-hybridized carbons (Fsp3) is 0.269. The van der Waals surface area contributed by atoms with E-state index in [2.05, 4.69) is 83.3 Å². The highest BCUT2D eigenvalue weighted by atomic mass is 127. The van der Waals surface area contributed by atoms with Crippen molar-refractivity contribution >= 4 is 39.5 Å². The fourth-order valence-corrected chi connectivity index (χ4v) is 5.12. The third-order valence-electron chi connectivity index (χ3n) is 4.50. The number of halogens is 1. The van der Waals surface area contributed by atoms with Crippen molar-refractivity contribution in [3.05, 3.63) is 84.9 Å². The summed E-state index contributed by atoms with van der Waals surface area (Å²) in [5.41, 5.74) is 0. The molecule has 0 saturated heterocycles. The highest BCUT2D eigenvalue weighted by molar-refractivity contribution is 14.1. The van der Waals surface area contributed by atoms with Crippen LogP contribution in [0.15, 0.2) is 99.6 Å². The first-order valence-electron chi connectivity index (χ1n) is 10.3. The molecule has 0 fully saturated rings. The van der Waals surface area contributed by atoms with Gasteiger partial charge >= 0.3 is 5.97 Å². The largest absolute Gasteiger partial charge is 0.454 e. The molecule has 0 aliphatic carbocycles. The Morgan fingerprint density at radius 2 is 1.35 bits per heavy atom. The number of benzene rings is 3. The number of rotatable bonds is 8. The molecule has 31 heavy (non-hydrogen) atoms. The van der Waals surface area contributed by atoms with Gasteiger partial charge in [-0.1, -0.05) is 78.9 Å². The SMILES string of the molecule is CC(C)C(OC(=O)C(C)(C)I)Oc1cccc([S+](c2ccccc2)c2ccccc2)c1. The summed E-state index contributed by atoms with van der Waals surface area (Å²) in [7, 11) is -0.264. The molecule has 0 bridgehead atoms. The molecule has 0 heterocycles. The van der Waals surface area contributed by atoms with E-state index < -0.39 is 9.71 Å². The Morgan fingerprint density at radius 3 is 1.84 bits per heavy atom. The van der Waals surface area contributed by atoms with E-state index in [0.717, 1.165) is 4.90 Å². The monoisotopic (exact) mass is 547 g/mol. The van der Waals surface area contributed by atoms with E-state index in [-0.39, 0.29) is 22.8 Å². The third kappa shape index (κ3) is 6.50. The van der Waals surface area contributed by atoms with Crippen molar-refractivity contribution in [3.63, 3.8) is 0 Å². The lowest BCUT2D eigenvalue weighted by Crippen LogP contribution is -2.36. The van der Waals surface area contributed by atoms with Crippen molar-refractivity contribution in [1.29, 1.82) is 0 Å². The summed E-state index contributed by atoms with van der Waals surface area (Å²) < 4.78 is 11.2. The van der Waals surface area contributed by atoms with Crippen LogP contribution in [0.4, 0.5) is 0 Å². The Balaban J connectivity index is 1.92. The molecule has 3 aromatic rings. The third-order valence-corrected chi connectivity index (χ3v) is 7.16. The second-order valence-corrected chi connectivity index (χ2v) is 12.7. The van der Waals surface area contributed by atoms with Gasteiger partial charge in [-0.2, -0.15) is 0 Å². The molecule has 1 unspecified atom stereocenters. The number of hydrogen-bond acceptors (Lipinski definition) is 3. The van der Waals surface area contributed by atoms with Crippen LogP contribution >= 0.6 is 22.6 Å². The maximum Gasteiger partial charge on any atom is 0.324 e. The van der Waals surface area contributed by atoms with Crippen LogP contribution in [0.2, 0.25) is 0 Å². The van der Waals surface area contributed by atoms with E-state index in [0.29, 0.717) is 5.75 Å². The molecule has 162 valence electrons. The Bertz CT molecular complexity index is 945. The molecule has 5 heteroatoms. The van der Waals surface area contributed by atoms with Gasteiger partial charge in [-0.15, -0.1) is 0 Å². The van der Waals surface area contributed by atoms with Crippen molar-refractivity contribution in [1.82, 2.24) is 0 Å². The van der Waals surface area contributed by atoms with E-state index in [1.54, 1.807) is 0 Å². The molecule has 0 aliphatic heterocycles. The lowest BCUT2D eigenvalue weighted by molar-refractivity contribution is -0.171. The van der Waals surface area contributed by atoms with Gasteiger partial charge in [-0.25, -0.2) is 0 Å². The number of hydrogen-bond donors (Lipinski definition) is 0. The zero-order valence-electron chi connectivity index (χ0n) is 18.2. The van der Waals surface area contributed by atoms with Crippen LogP contribution in [-0.4, -0.2) is 15.7 Å². The first-order chi connectivity index (χ1) is 14.8. The summed E-state index contributed by atoms with van der Waals surface area (Å²) in [4.78, 5) is 16.0. The quantitative estimate of drug-likeness (QED) is 0.101. The highest BCUT2D eigenvalue weighted by Gasteiger charge is 2.32. The zero-order chi connectivity index (χ0) is 22.4. The number of alkyl halides is 1. The normalized spacial score (nSPS) is 12.6. The average Bonchev–Trinajstić information content (AvgIpc) is 2.74. The van der Waals surface area contributed by atoms with E-state index in [1.807, 2.05) is 52.0 Å². The minimum atomic E-state index is -0.646. The van der Waals surface area contributed by atoms with Crippen molar-refractivity contribution in [2.24, 2.45) is 5.92 Å². The fourth-order valence-electron chi connectivity index (χ4n) is 2.87. The summed E-state index contributed by atoms with van der Waals surface area (Å²) in [6.45, 7) is 7.64. The average molecular weight is 547 g/mol. The highest BCUT2D eigenvalue weighted by Crippen LogP contribution is 2.33. The van der Waals surface area contributed by atoms with E-state index in [9.17, 15) is 4.79 Å². The van der Waals surface area contributed by atoms with Crippen LogP contribution in [-0.2, 0) is 20.4 Å². The second-order valence-electron chi connectivity index (χ2n) is 8.02. The molecule has 0 spiro atoms. The summed E-state index contributed by atoms with van der Waals surface area (Å²) in [6.07, 6.45) is -0.646. The molecule has 1 atom stereocenters. The number of carbonyl (C=O) groups is 1. The topological polar surface area (TPSA) is 35.5 Å². The van der Waals surface area contributed by atoms with Gasteiger partial charge < -0.3 is 9.47 Å². The predicted molar refractivity (Wildman–Crippen MR) is 135 cm³/mol. The smallest absolute Gasteiger partial charge is 0.324 e. The van der Waals surface area contributed by atoms with E-state index in [4.69, 9.17) is 9.47 Å². The van der Waals surface area contributed by atoms with Gasteiger partial charge in [0.05, 0.1) is 10.9 Å². The molecular weight excluding hydrogens is 519 g/mol. The Morgan fingerprint density at radius 1 is 0.839 bits per heavy atom. The summed E-state index contributed by atoms with van der Waals surface area (Å²) in [5.74, 6) is 0.434. The molecule has 0 saturated carbocycles. The van der Waals surface area contributed by atoms with Crippen molar-refractivity contribution in [3.8, 4) is 5.75 Å². The molecule has 3 aromatic carbocycles. The second kappa shape index (κ2) is 10.6. The van der Waals surface area contributed by atoms with Gasteiger partial charge in [0.1, 0.15) is 9.17 Å². The Labute approximate surface area is 201 Å². The van der Waals surface area contributed by atoms with Crippen molar-refractivity contribution in [2.75, 3.05) is 0 Å². The van der Waals surface area contributed by atoms with Crippen LogP contribution in [0, 0.1) is 5.92 Å². The van der Waals surface area contributed by atoms with Gasteiger partial charge in [-0.05, 0) is 50.2 Å². The van der Waals surface area contributed by atoms with Gasteiger partial charge in [-0.3, -0.25) is 4.79 Å². The molecular formula is C26H28IO3S+. The minimum absolute atomic E-state index is 0.0212. The summed E-state index contributed by atoms with van der Waals surface area (Å²) >= 11 is 2.09. The van der Waals surface area contributed by atoms with Gasteiger partial charge in [0, 0.05) is 12.0 Å². The minimum Gasteiger partial charge on any atom is -0.454 e. The number of esters is 1. The lowest BCUT2D eigenvalue weighted by Gasteiger charge is -2.25. The van der Waals surface area contributed by atoms with Crippen LogP contribution in [0.25, 0.3) is 0 Å². The van der Waals surface area contributed by atoms with E-state index in [1.165, 1.54) is 9.79 Å². The maximum absolute atomic E-state index is 12.4. The Hall–Kier alpha value is -1.99. The number of carbonyl (C=O) groups excluding carboxylic acids is 1. The van der Waals surface area contributed by atoms with Gasteiger partial charge in [0.2, 0.25) is 6.29 Å². The van der Waals surface area contributed by atoms with Gasteiger partial charge in [0.15, 0.2) is 14.7 Å². The molecule has 0 radical (unpaired) electrons. The van der Waals surface area contributed by atoms with Crippen molar-refractivity contribution in [2.45, 2.75) is 52.1 Å². The molecule has 3 nitrogen and oxygen atoms in total. The molecule has 0 N–H and O–H groups in total. The standard InChI is InChI=1S/C26H28IO3S/c1-19(2)24(30-25(28)26(3,4)27)29-20-12-11-17-23(18-20)31(21-13-7-5-8-14-21)22-15-9-6-10-16-22/h5-19,24H,1-4H3/q+1. The first-order valence-corrected chi connectivity index (χ1v) is 12.6. The van der Waals surface area contributed by atoms with Gasteiger partial charge in [0.25, 0.3) is 0 Å². The van der Waals surface area contributed by atoms with Crippen LogP contribution < -0.4 is 4.74 Å². The number of ether oxygens (including phenoxy) is 2. The maximum atomic E-state index is 12.4. The van der Waals surface area contributed by atoms with Crippen LogP contribution in [0.3, 0.4) is 0 Å². The van der Waals surface area contributed by atoms with Crippen LogP contribution in [0.1, 0.15) is 27.7 Å². The molecule has 3 rings (SSSR count). The lowest BCUT2D eigenvalue weighted by atomic mass is 10.2. The molecule has 0 amide bonds. The molecule has 0 aromatic heterocycles. The Kier molecular flexibility index (Phi) is 8.06. The summed E-state index contributed by atoms with van der Waals surface area (Å²) in [5, 5.41) is 0. The van der Waals surface area contributed by atoms with Crippen LogP contribution in [0.5, 0.6) is 5.75 Å². The van der Waals surface area contributed by atoms with Crippen molar-refractivity contribution < 1.29 is 14.3 Å². The van der Waals surface area contributed by atoms with E-state index >= 15 is 0 Å². The predicted octanol–water partition coefficient (Wildman–Crippen LogP) is 6.90. The molecule has 0 aliphatic rings.